The predicted octanol–water partition coefficient (Wildman–Crippen LogP) is 1.52. The van der Waals surface area contributed by atoms with Gasteiger partial charge in [0.1, 0.15) is 6.04 Å². The summed E-state index contributed by atoms with van der Waals surface area (Å²) in [5, 5.41) is 9.14. The number of amides is 1. The van der Waals surface area contributed by atoms with Crippen molar-refractivity contribution >= 4 is 27.6 Å². The second kappa shape index (κ2) is 7.31. The maximum Gasteiger partial charge on any atom is 0.321 e. The Kier molecular flexibility index (Phi) is 5.61. The van der Waals surface area contributed by atoms with Crippen molar-refractivity contribution in [2.75, 3.05) is 11.4 Å². The fourth-order valence-corrected chi connectivity index (χ4v) is 4.07. The number of carbonyl (C=O) groups is 2. The van der Waals surface area contributed by atoms with Crippen molar-refractivity contribution in [1.29, 1.82) is 0 Å². The molecule has 0 bridgehead atoms. The van der Waals surface area contributed by atoms with Crippen molar-refractivity contribution < 1.29 is 23.1 Å². The lowest BCUT2D eigenvalue weighted by molar-refractivity contribution is -0.139. The number of nitrogens with one attached hydrogen (secondary N) is 1. The first kappa shape index (κ1) is 18.4. The van der Waals surface area contributed by atoms with Gasteiger partial charge in [-0.1, -0.05) is 19.4 Å². The highest BCUT2D eigenvalue weighted by atomic mass is 32.2. The molecule has 1 aromatic rings. The van der Waals surface area contributed by atoms with Crippen LogP contribution in [0.1, 0.15) is 38.7 Å². The molecule has 1 atom stereocenters. The lowest BCUT2D eigenvalue weighted by atomic mass is 10.0. The van der Waals surface area contributed by atoms with E-state index in [1.807, 2.05) is 0 Å². The number of carboxylic acids is 1. The molecule has 0 saturated carbocycles. The Morgan fingerprint density at radius 2 is 2.08 bits per heavy atom. The second-order valence-electron chi connectivity index (χ2n) is 5.87. The summed E-state index contributed by atoms with van der Waals surface area (Å²) in [4.78, 5) is 24.5. The summed E-state index contributed by atoms with van der Waals surface area (Å²) in [5.74, 6) is -1.35. The first-order valence-electron chi connectivity index (χ1n) is 7.92. The molecule has 24 heavy (non-hydrogen) atoms. The number of aryl methyl sites for hydroxylation is 1. The minimum absolute atomic E-state index is 0.0308. The molecule has 0 aliphatic carbocycles. The van der Waals surface area contributed by atoms with Crippen LogP contribution < -0.4 is 9.62 Å². The number of aliphatic carboxylic acids is 1. The number of carbonyl (C=O) groups excluding carboxylic acids is 1. The topological polar surface area (TPSA) is 104 Å². The monoisotopic (exact) mass is 354 g/mol. The largest absolute Gasteiger partial charge is 0.480 e. The zero-order valence-electron chi connectivity index (χ0n) is 13.8. The van der Waals surface area contributed by atoms with E-state index in [0.717, 1.165) is 18.4 Å². The van der Waals surface area contributed by atoms with Gasteiger partial charge in [0.25, 0.3) is 0 Å². The van der Waals surface area contributed by atoms with Crippen LogP contribution in [0.2, 0.25) is 0 Å². The van der Waals surface area contributed by atoms with E-state index in [-0.39, 0.29) is 17.2 Å². The van der Waals surface area contributed by atoms with Crippen LogP contribution in [0, 0.1) is 0 Å². The number of benzene rings is 1. The number of carboxylic acid groups (broad SMARTS) is 1. The minimum Gasteiger partial charge on any atom is -0.480 e. The molecule has 0 saturated heterocycles. The van der Waals surface area contributed by atoms with Gasteiger partial charge < -0.3 is 10.0 Å². The molecule has 0 fully saturated rings. The first-order valence-corrected chi connectivity index (χ1v) is 9.40. The predicted molar refractivity (Wildman–Crippen MR) is 89.4 cm³/mol. The van der Waals surface area contributed by atoms with Gasteiger partial charge in [-0.05, 0) is 37.0 Å². The van der Waals surface area contributed by atoms with Crippen LogP contribution in [-0.2, 0) is 26.0 Å². The average molecular weight is 354 g/mol. The molecule has 0 aromatic heterocycles. The average Bonchev–Trinajstić information content (AvgIpc) is 2.52. The molecule has 0 spiro atoms. The standard InChI is InChI=1S/C16H22N2O5S/c1-3-5-14(16(20)21)17-24(22,23)13-8-7-12-6-4-9-18(11(2)19)15(12)10-13/h7-8,10,14,17H,3-6,9H2,1-2H3,(H,20,21). The highest BCUT2D eigenvalue weighted by Gasteiger charge is 2.27. The maximum absolute atomic E-state index is 12.5. The van der Waals surface area contributed by atoms with Crippen molar-refractivity contribution in [3.63, 3.8) is 0 Å². The van der Waals surface area contributed by atoms with Crippen molar-refractivity contribution in [3.8, 4) is 0 Å². The fraction of sp³-hybridized carbons (Fsp3) is 0.500. The van der Waals surface area contributed by atoms with Crippen LogP contribution in [0.3, 0.4) is 0 Å². The molecule has 1 aromatic carbocycles. The van der Waals surface area contributed by atoms with E-state index in [1.54, 1.807) is 17.9 Å². The van der Waals surface area contributed by atoms with Crippen LogP contribution in [0.4, 0.5) is 5.69 Å². The molecule has 8 heteroatoms. The number of hydrogen-bond acceptors (Lipinski definition) is 4. The summed E-state index contributed by atoms with van der Waals surface area (Å²) < 4.78 is 27.2. The summed E-state index contributed by atoms with van der Waals surface area (Å²) in [7, 11) is -3.98. The molecular formula is C16H22N2O5S. The third-order valence-corrected chi connectivity index (χ3v) is 5.51. The number of rotatable bonds is 6. The van der Waals surface area contributed by atoms with Crippen molar-refractivity contribution in [1.82, 2.24) is 4.72 Å². The van der Waals surface area contributed by atoms with E-state index < -0.39 is 22.0 Å². The molecule has 132 valence electrons. The van der Waals surface area contributed by atoms with Crippen LogP contribution >= 0.6 is 0 Å². The minimum atomic E-state index is -3.98. The summed E-state index contributed by atoms with van der Waals surface area (Å²) in [6.45, 7) is 3.77. The molecular weight excluding hydrogens is 332 g/mol. The molecule has 1 unspecified atom stereocenters. The van der Waals surface area contributed by atoms with Gasteiger partial charge in [0, 0.05) is 19.2 Å². The lowest BCUT2D eigenvalue weighted by Crippen LogP contribution is -2.40. The summed E-state index contributed by atoms with van der Waals surface area (Å²) >= 11 is 0. The van der Waals surface area contributed by atoms with E-state index in [9.17, 15) is 18.0 Å². The summed E-state index contributed by atoms with van der Waals surface area (Å²) in [5.41, 5.74) is 1.50. The van der Waals surface area contributed by atoms with E-state index in [4.69, 9.17) is 5.11 Å². The zero-order chi connectivity index (χ0) is 17.9. The molecule has 1 aliphatic rings. The third kappa shape index (κ3) is 3.93. The second-order valence-corrected chi connectivity index (χ2v) is 7.58. The lowest BCUT2D eigenvalue weighted by Gasteiger charge is -2.29. The van der Waals surface area contributed by atoms with Crippen LogP contribution in [0.25, 0.3) is 0 Å². The summed E-state index contributed by atoms with van der Waals surface area (Å²) in [6.07, 6.45) is 2.36. The number of nitrogens with zero attached hydrogens (tertiary/aromatic N) is 1. The maximum atomic E-state index is 12.5. The van der Waals surface area contributed by atoms with Gasteiger partial charge in [-0.25, -0.2) is 8.42 Å². The molecule has 2 N–H and O–H groups in total. The van der Waals surface area contributed by atoms with Crippen molar-refractivity contribution in [2.45, 2.75) is 50.5 Å². The van der Waals surface area contributed by atoms with Gasteiger partial charge in [0.15, 0.2) is 0 Å². The van der Waals surface area contributed by atoms with E-state index >= 15 is 0 Å². The molecule has 1 amide bonds. The highest BCUT2D eigenvalue weighted by Crippen LogP contribution is 2.30. The van der Waals surface area contributed by atoms with Gasteiger partial charge >= 0.3 is 5.97 Å². The van der Waals surface area contributed by atoms with E-state index in [0.29, 0.717) is 18.7 Å². The van der Waals surface area contributed by atoms with Gasteiger partial charge in [0.05, 0.1) is 4.90 Å². The molecule has 1 aliphatic heterocycles. The third-order valence-electron chi connectivity index (χ3n) is 4.04. The Hall–Kier alpha value is -1.93. The smallest absolute Gasteiger partial charge is 0.321 e. The first-order chi connectivity index (χ1) is 11.3. The molecule has 2 rings (SSSR count). The number of anilines is 1. The van der Waals surface area contributed by atoms with E-state index in [2.05, 4.69) is 4.72 Å². The fourth-order valence-electron chi connectivity index (χ4n) is 2.83. The Bertz CT molecular complexity index is 745. The Balaban J connectivity index is 2.36. The number of sulfonamides is 1. The van der Waals surface area contributed by atoms with Gasteiger partial charge in [-0.3, -0.25) is 9.59 Å². The van der Waals surface area contributed by atoms with Crippen molar-refractivity contribution in [2.24, 2.45) is 0 Å². The quantitative estimate of drug-likeness (QED) is 0.806. The van der Waals surface area contributed by atoms with Crippen LogP contribution in [-0.4, -0.2) is 38.0 Å². The van der Waals surface area contributed by atoms with Gasteiger partial charge in [-0.15, -0.1) is 0 Å². The number of fused-ring (bicyclic) bond motifs is 1. The van der Waals surface area contributed by atoms with Crippen LogP contribution in [0.15, 0.2) is 23.1 Å². The number of hydrogen-bond donors (Lipinski definition) is 2. The Morgan fingerprint density at radius 1 is 1.38 bits per heavy atom. The Morgan fingerprint density at radius 3 is 2.67 bits per heavy atom. The molecule has 7 nitrogen and oxygen atoms in total. The zero-order valence-corrected chi connectivity index (χ0v) is 14.6. The molecule has 1 heterocycles. The summed E-state index contributed by atoms with van der Waals surface area (Å²) in [6, 6.07) is 3.42. The SMILES string of the molecule is CCCC(NS(=O)(=O)c1ccc2c(c1)N(C(C)=O)CCC2)C(=O)O. The van der Waals surface area contributed by atoms with Gasteiger partial charge in [0.2, 0.25) is 15.9 Å². The van der Waals surface area contributed by atoms with Crippen LogP contribution in [0.5, 0.6) is 0 Å². The Labute approximate surface area is 141 Å². The van der Waals surface area contributed by atoms with Gasteiger partial charge in [-0.2, -0.15) is 4.72 Å². The van der Waals surface area contributed by atoms with E-state index in [1.165, 1.54) is 19.1 Å². The van der Waals surface area contributed by atoms with Crippen molar-refractivity contribution in [3.05, 3.63) is 23.8 Å². The highest BCUT2D eigenvalue weighted by molar-refractivity contribution is 7.89. The molecule has 0 radical (unpaired) electrons. The normalized spacial score (nSPS) is 15.7.